The number of nitro benzene ring substituents is 1. The second-order valence-corrected chi connectivity index (χ2v) is 7.42. The molecule has 0 radical (unpaired) electrons. The number of hydrogen-bond donors (Lipinski definition) is 2. The average Bonchev–Trinajstić information content (AvgIpc) is 3.34. The maximum atomic E-state index is 13.4. The number of pyridine rings is 1. The van der Waals surface area contributed by atoms with Crippen LogP contribution in [0.4, 0.5) is 5.69 Å². The molecule has 1 aliphatic rings. The van der Waals surface area contributed by atoms with Crippen molar-refractivity contribution < 1.29 is 14.8 Å². The van der Waals surface area contributed by atoms with E-state index < -0.39 is 11.0 Å². The molecule has 3 heterocycles. The highest BCUT2D eigenvalue weighted by Gasteiger charge is 2.42. The number of nitro groups is 1. The number of fused-ring (bicyclic) bond motifs is 1. The predicted molar refractivity (Wildman–Crippen MR) is 115 cm³/mol. The van der Waals surface area contributed by atoms with Gasteiger partial charge in [-0.2, -0.15) is 5.10 Å². The van der Waals surface area contributed by atoms with Crippen LogP contribution in [-0.2, 0) is 6.54 Å². The molecule has 9 nitrogen and oxygen atoms in total. The smallest absolute Gasteiger partial charge is 0.273 e. The molecule has 9 heteroatoms. The Kier molecular flexibility index (Phi) is 4.63. The SMILES string of the molecule is O=C1c2[nH]nc(-c3ccccc3O)c2C(c2ccc([N+](=O)[O-])cc2)N1Cc1ccncc1. The fourth-order valence-corrected chi connectivity index (χ4v) is 4.05. The largest absolute Gasteiger partial charge is 0.507 e. The van der Waals surface area contributed by atoms with Gasteiger partial charge >= 0.3 is 0 Å². The molecule has 1 atom stereocenters. The summed E-state index contributed by atoms with van der Waals surface area (Å²) in [5, 5.41) is 28.7. The zero-order valence-electron chi connectivity index (χ0n) is 16.7. The van der Waals surface area contributed by atoms with Gasteiger partial charge in [-0.3, -0.25) is 25.0 Å². The summed E-state index contributed by atoms with van der Waals surface area (Å²) in [4.78, 5) is 29.7. The lowest BCUT2D eigenvalue weighted by atomic mass is 9.95. The average molecular weight is 427 g/mol. The molecule has 0 aliphatic carbocycles. The van der Waals surface area contributed by atoms with Crippen molar-refractivity contribution in [2.75, 3.05) is 0 Å². The number of carbonyl (C=O) groups is 1. The molecule has 0 saturated heterocycles. The van der Waals surface area contributed by atoms with Gasteiger partial charge in [-0.1, -0.05) is 12.1 Å². The van der Waals surface area contributed by atoms with Crippen molar-refractivity contribution in [1.29, 1.82) is 0 Å². The minimum Gasteiger partial charge on any atom is -0.507 e. The van der Waals surface area contributed by atoms with Gasteiger partial charge in [0.1, 0.15) is 17.1 Å². The Hall–Kier alpha value is -4.53. The van der Waals surface area contributed by atoms with Gasteiger partial charge in [-0.05, 0) is 47.5 Å². The number of nitrogens with one attached hydrogen (secondary N) is 1. The molecule has 0 fully saturated rings. The highest BCUT2D eigenvalue weighted by Crippen LogP contribution is 2.45. The van der Waals surface area contributed by atoms with Crippen molar-refractivity contribution in [2.45, 2.75) is 12.6 Å². The first-order valence-electron chi connectivity index (χ1n) is 9.85. The number of para-hydroxylation sites is 1. The Labute approximate surface area is 182 Å². The molecule has 1 amide bonds. The number of carbonyl (C=O) groups excluding carboxylic acids is 1. The van der Waals surface area contributed by atoms with Crippen LogP contribution in [0.5, 0.6) is 5.75 Å². The van der Waals surface area contributed by atoms with Crippen LogP contribution in [0.25, 0.3) is 11.3 Å². The molecular weight excluding hydrogens is 410 g/mol. The van der Waals surface area contributed by atoms with E-state index in [1.807, 2.05) is 12.1 Å². The summed E-state index contributed by atoms with van der Waals surface area (Å²) < 4.78 is 0. The number of aromatic nitrogens is 3. The minimum atomic E-state index is -0.542. The number of phenolic OH excluding ortho intramolecular Hbond substituents is 1. The Bertz CT molecular complexity index is 1320. The number of aromatic amines is 1. The number of amides is 1. The zero-order valence-corrected chi connectivity index (χ0v) is 16.7. The highest BCUT2D eigenvalue weighted by molar-refractivity contribution is 6.00. The first-order valence-corrected chi connectivity index (χ1v) is 9.85. The van der Waals surface area contributed by atoms with Crippen molar-refractivity contribution >= 4 is 11.6 Å². The third kappa shape index (κ3) is 3.16. The van der Waals surface area contributed by atoms with E-state index in [0.29, 0.717) is 34.6 Å². The molecular formula is C23H17N5O4. The monoisotopic (exact) mass is 427 g/mol. The predicted octanol–water partition coefficient (Wildman–Crippen LogP) is 3.83. The molecule has 32 heavy (non-hydrogen) atoms. The van der Waals surface area contributed by atoms with Crippen molar-refractivity contribution in [3.05, 3.63) is 106 Å². The molecule has 1 aliphatic heterocycles. The summed E-state index contributed by atoms with van der Waals surface area (Å²) in [5.74, 6) is -0.196. The third-order valence-electron chi connectivity index (χ3n) is 5.54. The number of H-pyrrole nitrogens is 1. The second kappa shape index (κ2) is 7.62. The summed E-state index contributed by atoms with van der Waals surface area (Å²) in [7, 11) is 0. The van der Waals surface area contributed by atoms with Gasteiger partial charge in [-0.15, -0.1) is 0 Å². The molecule has 0 spiro atoms. The Morgan fingerprint density at radius 1 is 1.06 bits per heavy atom. The van der Waals surface area contributed by atoms with E-state index in [0.717, 1.165) is 5.56 Å². The second-order valence-electron chi connectivity index (χ2n) is 7.42. The summed E-state index contributed by atoms with van der Waals surface area (Å²) in [6.07, 6.45) is 3.32. The number of phenols is 1. The van der Waals surface area contributed by atoms with Crippen molar-refractivity contribution in [2.24, 2.45) is 0 Å². The van der Waals surface area contributed by atoms with Crippen LogP contribution in [0.2, 0.25) is 0 Å². The first kappa shape index (κ1) is 19.4. The van der Waals surface area contributed by atoms with Crippen LogP contribution in [0, 0.1) is 10.1 Å². The Morgan fingerprint density at radius 3 is 2.47 bits per heavy atom. The number of nitrogens with zero attached hydrogens (tertiary/aromatic N) is 4. The van der Waals surface area contributed by atoms with Gasteiger partial charge in [0, 0.05) is 42.2 Å². The molecule has 0 bridgehead atoms. The molecule has 4 aromatic rings. The molecule has 2 aromatic heterocycles. The normalized spacial score (nSPS) is 15.1. The summed E-state index contributed by atoms with van der Waals surface area (Å²) in [6, 6.07) is 16.0. The van der Waals surface area contributed by atoms with Gasteiger partial charge in [0.15, 0.2) is 0 Å². The summed E-state index contributed by atoms with van der Waals surface area (Å²) in [6.45, 7) is 0.311. The van der Waals surface area contributed by atoms with E-state index in [1.54, 1.807) is 53.7 Å². The maximum Gasteiger partial charge on any atom is 0.273 e. The topological polar surface area (TPSA) is 125 Å². The van der Waals surface area contributed by atoms with Crippen LogP contribution in [-0.4, -0.2) is 36.0 Å². The van der Waals surface area contributed by atoms with E-state index >= 15 is 0 Å². The number of rotatable bonds is 5. The van der Waals surface area contributed by atoms with E-state index in [-0.39, 0.29) is 17.3 Å². The van der Waals surface area contributed by atoms with Gasteiger partial charge < -0.3 is 10.0 Å². The van der Waals surface area contributed by atoms with E-state index in [9.17, 15) is 20.0 Å². The van der Waals surface area contributed by atoms with Crippen LogP contribution in [0.1, 0.15) is 33.2 Å². The first-order chi connectivity index (χ1) is 15.5. The Morgan fingerprint density at radius 2 is 1.78 bits per heavy atom. The lowest BCUT2D eigenvalue weighted by molar-refractivity contribution is -0.384. The van der Waals surface area contributed by atoms with E-state index in [1.165, 1.54) is 12.1 Å². The molecule has 2 N–H and O–H groups in total. The zero-order chi connectivity index (χ0) is 22.2. The number of hydrogen-bond acceptors (Lipinski definition) is 6. The molecule has 2 aromatic carbocycles. The minimum absolute atomic E-state index is 0.0351. The number of benzene rings is 2. The molecule has 5 rings (SSSR count). The molecule has 158 valence electrons. The van der Waals surface area contributed by atoms with Crippen LogP contribution in [0.3, 0.4) is 0 Å². The van der Waals surface area contributed by atoms with Crippen molar-refractivity contribution in [3.8, 4) is 17.0 Å². The number of non-ortho nitro benzene ring substituents is 1. The van der Waals surface area contributed by atoms with Gasteiger partial charge in [0.05, 0.1) is 11.0 Å². The van der Waals surface area contributed by atoms with Crippen LogP contribution >= 0.6 is 0 Å². The maximum absolute atomic E-state index is 13.4. The molecule has 1 unspecified atom stereocenters. The van der Waals surface area contributed by atoms with Crippen LogP contribution < -0.4 is 0 Å². The number of aromatic hydroxyl groups is 1. The summed E-state index contributed by atoms with van der Waals surface area (Å²) in [5.41, 5.74) is 3.48. The Balaban J connectivity index is 1.66. The fourth-order valence-electron chi connectivity index (χ4n) is 4.05. The van der Waals surface area contributed by atoms with Crippen molar-refractivity contribution in [3.63, 3.8) is 0 Å². The van der Waals surface area contributed by atoms with Gasteiger partial charge in [-0.25, -0.2) is 0 Å². The van der Waals surface area contributed by atoms with Crippen molar-refractivity contribution in [1.82, 2.24) is 20.1 Å². The third-order valence-corrected chi connectivity index (χ3v) is 5.54. The quantitative estimate of drug-likeness (QED) is 0.368. The van der Waals surface area contributed by atoms with E-state index in [2.05, 4.69) is 15.2 Å². The highest BCUT2D eigenvalue weighted by atomic mass is 16.6. The standard InChI is InChI=1S/C23H17N5O4/c29-18-4-2-1-3-17(18)20-19-21(26-25-20)23(30)27(13-14-9-11-24-12-10-14)22(19)15-5-7-16(8-6-15)28(31)32/h1-12,22,29H,13H2,(H,25,26). The summed E-state index contributed by atoms with van der Waals surface area (Å²) >= 11 is 0. The van der Waals surface area contributed by atoms with Gasteiger partial charge in [0.25, 0.3) is 11.6 Å². The lowest BCUT2D eigenvalue weighted by Gasteiger charge is -2.26. The van der Waals surface area contributed by atoms with E-state index in [4.69, 9.17) is 0 Å². The molecule has 0 saturated carbocycles. The van der Waals surface area contributed by atoms with Gasteiger partial charge in [0.2, 0.25) is 0 Å². The fraction of sp³-hybridized carbons (Fsp3) is 0.0870. The van der Waals surface area contributed by atoms with Crippen LogP contribution in [0.15, 0.2) is 73.1 Å². The lowest BCUT2D eigenvalue weighted by Crippen LogP contribution is -2.29.